The first kappa shape index (κ1) is 15.9. The van der Waals surface area contributed by atoms with Crippen molar-refractivity contribution in [2.75, 3.05) is 11.5 Å². The molecule has 23 heavy (non-hydrogen) atoms. The van der Waals surface area contributed by atoms with E-state index in [1.807, 2.05) is 36.1 Å². The Hall–Kier alpha value is -1.95. The predicted octanol–water partition coefficient (Wildman–Crippen LogP) is 3.40. The van der Waals surface area contributed by atoms with Crippen LogP contribution >= 0.6 is 12.2 Å². The predicted molar refractivity (Wildman–Crippen MR) is 91.3 cm³/mol. The number of rotatable bonds is 2. The van der Waals surface area contributed by atoms with Crippen LogP contribution in [0.15, 0.2) is 24.3 Å². The molecular formula is C17H20N2O3S. The van der Waals surface area contributed by atoms with Crippen molar-refractivity contribution in [3.8, 4) is 0 Å². The van der Waals surface area contributed by atoms with Crippen LogP contribution in [0.3, 0.4) is 0 Å². The van der Waals surface area contributed by atoms with Gasteiger partial charge >= 0.3 is 6.09 Å². The second-order valence-corrected chi connectivity index (χ2v) is 6.40. The first-order chi connectivity index (χ1) is 11.0. The van der Waals surface area contributed by atoms with Crippen LogP contribution in [0.25, 0.3) is 0 Å². The largest absolute Gasteiger partial charge is 0.449 e. The van der Waals surface area contributed by atoms with Gasteiger partial charge in [-0.25, -0.2) is 4.79 Å². The minimum Gasteiger partial charge on any atom is -0.449 e. The van der Waals surface area contributed by atoms with Crippen molar-refractivity contribution in [1.82, 2.24) is 4.90 Å². The van der Waals surface area contributed by atoms with Gasteiger partial charge < -0.3 is 9.64 Å². The molecule has 0 radical (unpaired) electrons. The standard InChI is InChI=1S/C17H20N2O3S/c1-3-22-16(21)18-14(20)17(10-4-5-11-17)19(15(18)23)13-8-6-12(2)7-9-13/h6-9H,3-5,10-11H2,1-2H3. The summed E-state index contributed by atoms with van der Waals surface area (Å²) in [5.74, 6) is -0.251. The minimum atomic E-state index is -0.737. The smallest absolute Gasteiger partial charge is 0.423 e. The van der Waals surface area contributed by atoms with Gasteiger partial charge in [-0.3, -0.25) is 4.79 Å². The average molecular weight is 332 g/mol. The van der Waals surface area contributed by atoms with Crippen LogP contribution in [-0.4, -0.2) is 34.2 Å². The molecule has 0 N–H and O–H groups in total. The van der Waals surface area contributed by atoms with Gasteiger partial charge in [0.25, 0.3) is 5.91 Å². The molecule has 2 fully saturated rings. The Bertz CT molecular complexity index is 650. The van der Waals surface area contributed by atoms with Crippen LogP contribution in [0, 0.1) is 6.92 Å². The SMILES string of the molecule is CCOC(=O)N1C(=O)C2(CCCC2)N(c2ccc(C)cc2)C1=S. The van der Waals surface area contributed by atoms with Gasteiger partial charge in [-0.2, -0.15) is 4.90 Å². The van der Waals surface area contributed by atoms with Gasteiger partial charge in [-0.15, -0.1) is 0 Å². The molecule has 1 spiro atoms. The third kappa shape index (κ3) is 2.41. The molecular weight excluding hydrogens is 312 g/mol. The van der Waals surface area contributed by atoms with E-state index in [0.717, 1.165) is 29.0 Å². The van der Waals surface area contributed by atoms with Gasteiger partial charge in [0.1, 0.15) is 5.54 Å². The van der Waals surface area contributed by atoms with Crippen LogP contribution in [0.4, 0.5) is 10.5 Å². The summed E-state index contributed by atoms with van der Waals surface area (Å²) in [4.78, 5) is 28.1. The zero-order chi connectivity index (χ0) is 16.6. The maximum atomic E-state index is 13.0. The molecule has 1 heterocycles. The molecule has 5 nitrogen and oxygen atoms in total. The lowest BCUT2D eigenvalue weighted by Gasteiger charge is -2.32. The van der Waals surface area contributed by atoms with E-state index in [1.54, 1.807) is 6.92 Å². The zero-order valence-corrected chi connectivity index (χ0v) is 14.2. The molecule has 1 aliphatic carbocycles. The Balaban J connectivity index is 2.05. The van der Waals surface area contributed by atoms with E-state index in [-0.39, 0.29) is 17.6 Å². The second kappa shape index (κ2) is 5.92. The average Bonchev–Trinajstić information content (AvgIpc) is 3.07. The number of thiocarbonyl (C=S) groups is 1. The fourth-order valence-electron chi connectivity index (χ4n) is 3.47. The van der Waals surface area contributed by atoms with Crippen LogP contribution in [0.5, 0.6) is 0 Å². The van der Waals surface area contributed by atoms with Crippen LogP contribution in [0.1, 0.15) is 38.2 Å². The minimum absolute atomic E-state index is 0.211. The van der Waals surface area contributed by atoms with Crippen LogP contribution < -0.4 is 4.90 Å². The Labute approximate surface area is 141 Å². The van der Waals surface area contributed by atoms with Crippen LogP contribution in [-0.2, 0) is 9.53 Å². The summed E-state index contributed by atoms with van der Waals surface area (Å²) in [5.41, 5.74) is 1.24. The number of aryl methyl sites for hydroxylation is 1. The molecule has 3 rings (SSSR count). The molecule has 2 aliphatic rings. The molecule has 1 aromatic rings. The molecule has 0 unspecified atom stereocenters. The zero-order valence-electron chi connectivity index (χ0n) is 13.4. The van der Waals surface area contributed by atoms with Crippen molar-refractivity contribution in [3.63, 3.8) is 0 Å². The molecule has 0 atom stereocenters. The third-order valence-electron chi connectivity index (χ3n) is 4.59. The molecule has 1 saturated heterocycles. The van der Waals surface area contributed by atoms with Gasteiger partial charge in [0, 0.05) is 5.69 Å². The molecule has 0 aromatic heterocycles. The van der Waals surface area contributed by atoms with Gasteiger partial charge in [0.2, 0.25) is 0 Å². The van der Waals surface area contributed by atoms with E-state index in [4.69, 9.17) is 17.0 Å². The number of anilines is 1. The summed E-state index contributed by atoms with van der Waals surface area (Å²) >= 11 is 5.48. The van der Waals surface area contributed by atoms with Gasteiger partial charge in [-0.05, 0) is 51.0 Å². The highest BCUT2D eigenvalue weighted by Gasteiger charge is 2.59. The van der Waals surface area contributed by atoms with Gasteiger partial charge in [-0.1, -0.05) is 30.5 Å². The maximum absolute atomic E-state index is 13.0. The van der Waals surface area contributed by atoms with Crippen molar-refractivity contribution in [2.45, 2.75) is 45.1 Å². The Morgan fingerprint density at radius 1 is 1.26 bits per heavy atom. The second-order valence-electron chi connectivity index (χ2n) is 6.03. The first-order valence-electron chi connectivity index (χ1n) is 7.93. The normalized spacial score (nSPS) is 19.7. The number of nitrogens with zero attached hydrogens (tertiary/aromatic N) is 2. The highest BCUT2D eigenvalue weighted by atomic mass is 32.1. The van der Waals surface area contributed by atoms with Gasteiger partial charge in [0.05, 0.1) is 6.61 Å². The topological polar surface area (TPSA) is 49.9 Å². The van der Waals surface area contributed by atoms with Crippen molar-refractivity contribution in [3.05, 3.63) is 29.8 Å². The summed E-state index contributed by atoms with van der Waals surface area (Å²) in [6, 6.07) is 7.86. The van der Waals surface area contributed by atoms with E-state index in [9.17, 15) is 9.59 Å². The number of amides is 2. The monoisotopic (exact) mass is 332 g/mol. The Morgan fingerprint density at radius 3 is 2.43 bits per heavy atom. The molecule has 1 aromatic carbocycles. The van der Waals surface area contributed by atoms with Crippen molar-refractivity contribution in [1.29, 1.82) is 0 Å². The molecule has 6 heteroatoms. The highest BCUT2D eigenvalue weighted by Crippen LogP contribution is 2.44. The van der Waals surface area contributed by atoms with E-state index in [1.165, 1.54) is 0 Å². The summed E-state index contributed by atoms with van der Waals surface area (Å²) in [7, 11) is 0. The lowest BCUT2D eigenvalue weighted by molar-refractivity contribution is -0.129. The fourth-order valence-corrected chi connectivity index (χ4v) is 3.91. The number of carbonyl (C=O) groups excluding carboxylic acids is 2. The van der Waals surface area contributed by atoms with Crippen LogP contribution in [0.2, 0.25) is 0 Å². The molecule has 1 aliphatic heterocycles. The van der Waals surface area contributed by atoms with E-state index in [2.05, 4.69) is 0 Å². The highest BCUT2D eigenvalue weighted by molar-refractivity contribution is 7.80. The Kier molecular flexibility index (Phi) is 4.10. The fraction of sp³-hybridized carbons (Fsp3) is 0.471. The maximum Gasteiger partial charge on any atom is 0.423 e. The summed E-state index contributed by atoms with van der Waals surface area (Å²) < 4.78 is 5.02. The van der Waals surface area contributed by atoms with Crippen molar-refractivity contribution < 1.29 is 14.3 Å². The molecule has 1 saturated carbocycles. The summed E-state index contributed by atoms with van der Waals surface area (Å²) in [6.07, 6.45) is 2.63. The lowest BCUT2D eigenvalue weighted by Crippen LogP contribution is -2.47. The third-order valence-corrected chi connectivity index (χ3v) is 4.95. The number of hydrogen-bond donors (Lipinski definition) is 0. The van der Waals surface area contributed by atoms with Crippen molar-refractivity contribution in [2.24, 2.45) is 0 Å². The Morgan fingerprint density at radius 2 is 1.87 bits per heavy atom. The van der Waals surface area contributed by atoms with E-state index in [0.29, 0.717) is 12.8 Å². The number of benzene rings is 1. The lowest BCUT2D eigenvalue weighted by atomic mass is 9.95. The number of carbonyl (C=O) groups is 2. The number of hydrogen-bond acceptors (Lipinski definition) is 4. The molecule has 0 bridgehead atoms. The van der Waals surface area contributed by atoms with E-state index >= 15 is 0 Å². The van der Waals surface area contributed by atoms with E-state index < -0.39 is 11.6 Å². The first-order valence-corrected chi connectivity index (χ1v) is 8.34. The quantitative estimate of drug-likeness (QED) is 0.777. The summed E-state index contributed by atoms with van der Waals surface area (Å²) in [5, 5.41) is 0.221. The van der Waals surface area contributed by atoms with Gasteiger partial charge in [0.15, 0.2) is 5.11 Å². The summed E-state index contributed by atoms with van der Waals surface area (Å²) in [6.45, 7) is 3.93. The molecule has 122 valence electrons. The van der Waals surface area contributed by atoms with Crippen molar-refractivity contribution >= 4 is 35.0 Å². The molecule has 2 amide bonds. The number of ether oxygens (including phenoxy) is 1. The number of imide groups is 1.